The van der Waals surface area contributed by atoms with Crippen LogP contribution in [0.2, 0.25) is 0 Å². The Kier molecular flexibility index (Phi) is 5.32. The van der Waals surface area contributed by atoms with E-state index in [4.69, 9.17) is 4.74 Å². The van der Waals surface area contributed by atoms with E-state index in [1.54, 1.807) is 31.2 Å². The predicted molar refractivity (Wildman–Crippen MR) is 91.3 cm³/mol. The van der Waals surface area contributed by atoms with Crippen LogP contribution in [0.15, 0.2) is 58.3 Å². The summed E-state index contributed by atoms with van der Waals surface area (Å²) in [5, 5.41) is 0. The lowest BCUT2D eigenvalue weighted by Gasteiger charge is -2.17. The summed E-state index contributed by atoms with van der Waals surface area (Å²) < 4.78 is 55.6. The van der Waals surface area contributed by atoms with Crippen molar-refractivity contribution < 1.29 is 21.6 Å². The second kappa shape index (κ2) is 6.92. The second-order valence-electron chi connectivity index (χ2n) is 5.33. The minimum Gasteiger partial charge on any atom is -0.496 e. The van der Waals surface area contributed by atoms with E-state index in [1.807, 2.05) is 0 Å². The van der Waals surface area contributed by atoms with Crippen LogP contribution in [0.1, 0.15) is 18.5 Å². The molecule has 1 unspecified atom stereocenters. The van der Waals surface area contributed by atoms with Crippen LogP contribution in [0, 0.1) is 0 Å². The van der Waals surface area contributed by atoms with Crippen LogP contribution < -0.4 is 9.46 Å². The third-order valence-electron chi connectivity index (χ3n) is 3.50. The number of rotatable bonds is 6. The average molecular weight is 369 g/mol. The third kappa shape index (κ3) is 4.14. The standard InChI is InChI=1S/C16H19NO5S2/c1-12(15-6-4-5-7-16(15)22-2)17-24(20,21)14-10-8-13(9-11-14)23(3,18)19/h4-12,17H,1-3H3. The van der Waals surface area contributed by atoms with Gasteiger partial charge in [0.1, 0.15) is 5.75 Å². The van der Waals surface area contributed by atoms with E-state index >= 15 is 0 Å². The van der Waals surface area contributed by atoms with Gasteiger partial charge >= 0.3 is 0 Å². The highest BCUT2D eigenvalue weighted by Crippen LogP contribution is 2.26. The molecule has 6 nitrogen and oxygen atoms in total. The fourth-order valence-electron chi connectivity index (χ4n) is 2.25. The molecule has 0 aromatic heterocycles. The molecule has 0 saturated carbocycles. The molecule has 2 rings (SSSR count). The van der Waals surface area contributed by atoms with Crippen LogP contribution in [-0.2, 0) is 19.9 Å². The summed E-state index contributed by atoms with van der Waals surface area (Å²) in [5.74, 6) is 0.583. The topological polar surface area (TPSA) is 89.5 Å². The summed E-state index contributed by atoms with van der Waals surface area (Å²) in [4.78, 5) is 0.0656. The molecule has 24 heavy (non-hydrogen) atoms. The summed E-state index contributed by atoms with van der Waals surface area (Å²) in [6.45, 7) is 1.71. The highest BCUT2D eigenvalue weighted by Gasteiger charge is 2.21. The third-order valence-corrected chi connectivity index (χ3v) is 6.18. The maximum absolute atomic E-state index is 12.5. The first-order valence-electron chi connectivity index (χ1n) is 7.10. The predicted octanol–water partition coefficient (Wildman–Crippen LogP) is 2.14. The minimum absolute atomic E-state index is 0.00310. The first kappa shape index (κ1) is 18.4. The molecule has 1 atom stereocenters. The average Bonchev–Trinajstić information content (AvgIpc) is 2.53. The first-order valence-corrected chi connectivity index (χ1v) is 10.5. The van der Waals surface area contributed by atoms with E-state index in [0.717, 1.165) is 6.26 Å². The van der Waals surface area contributed by atoms with Crippen molar-refractivity contribution in [3.63, 3.8) is 0 Å². The molecule has 0 bridgehead atoms. The number of sulfonamides is 1. The lowest BCUT2D eigenvalue weighted by molar-refractivity contribution is 0.405. The van der Waals surface area contributed by atoms with E-state index in [2.05, 4.69) is 4.72 Å². The number of hydrogen-bond donors (Lipinski definition) is 1. The van der Waals surface area contributed by atoms with Crippen molar-refractivity contribution in [3.05, 3.63) is 54.1 Å². The van der Waals surface area contributed by atoms with Crippen molar-refractivity contribution >= 4 is 19.9 Å². The van der Waals surface area contributed by atoms with Gasteiger partial charge in [-0.05, 0) is 37.3 Å². The van der Waals surface area contributed by atoms with Crippen molar-refractivity contribution in [1.29, 1.82) is 0 Å². The van der Waals surface area contributed by atoms with E-state index < -0.39 is 25.9 Å². The molecule has 0 aliphatic heterocycles. The van der Waals surface area contributed by atoms with Crippen LogP contribution in [0.25, 0.3) is 0 Å². The molecule has 2 aromatic carbocycles. The number of sulfone groups is 1. The SMILES string of the molecule is COc1ccccc1C(C)NS(=O)(=O)c1ccc(S(C)(=O)=O)cc1. The molecular weight excluding hydrogens is 350 g/mol. The molecule has 0 radical (unpaired) electrons. The van der Waals surface area contributed by atoms with E-state index in [1.165, 1.54) is 31.4 Å². The van der Waals surface area contributed by atoms with Crippen molar-refractivity contribution in [2.45, 2.75) is 22.8 Å². The quantitative estimate of drug-likeness (QED) is 0.843. The van der Waals surface area contributed by atoms with Gasteiger partial charge in [0.15, 0.2) is 9.84 Å². The van der Waals surface area contributed by atoms with Crippen LogP contribution in [0.4, 0.5) is 0 Å². The number of nitrogens with one attached hydrogen (secondary N) is 1. The van der Waals surface area contributed by atoms with E-state index in [0.29, 0.717) is 11.3 Å². The molecule has 0 saturated heterocycles. The van der Waals surface area contributed by atoms with Gasteiger partial charge in [-0.25, -0.2) is 21.6 Å². The zero-order chi connectivity index (χ0) is 18.0. The largest absolute Gasteiger partial charge is 0.496 e. The normalized spacial score (nSPS) is 13.5. The molecule has 0 fully saturated rings. The Morgan fingerprint density at radius 1 is 0.917 bits per heavy atom. The molecule has 0 amide bonds. The Hall–Kier alpha value is -1.90. The van der Waals surface area contributed by atoms with Gasteiger partial charge in [0, 0.05) is 17.9 Å². The molecule has 8 heteroatoms. The van der Waals surface area contributed by atoms with Crippen LogP contribution in [0.3, 0.4) is 0 Å². The summed E-state index contributed by atoms with van der Waals surface area (Å²) in [7, 11) is -5.65. The Bertz CT molecular complexity index is 919. The van der Waals surface area contributed by atoms with Gasteiger partial charge in [-0.1, -0.05) is 18.2 Å². The zero-order valence-electron chi connectivity index (χ0n) is 13.6. The lowest BCUT2D eigenvalue weighted by Crippen LogP contribution is -2.27. The fourth-order valence-corrected chi connectivity index (χ4v) is 4.11. The van der Waals surface area contributed by atoms with Crippen LogP contribution in [0.5, 0.6) is 5.75 Å². The monoisotopic (exact) mass is 369 g/mol. The van der Waals surface area contributed by atoms with Gasteiger partial charge in [-0.2, -0.15) is 0 Å². The van der Waals surface area contributed by atoms with Gasteiger partial charge in [-0.15, -0.1) is 0 Å². The number of ether oxygens (including phenoxy) is 1. The Labute approximate surface area is 142 Å². The summed E-state index contributed by atoms with van der Waals surface area (Å²) in [6.07, 6.45) is 1.07. The molecule has 0 spiro atoms. The molecule has 1 N–H and O–H groups in total. The number of methoxy groups -OCH3 is 1. The summed E-state index contributed by atoms with van der Waals surface area (Å²) in [5.41, 5.74) is 0.705. The van der Waals surface area contributed by atoms with Gasteiger partial charge < -0.3 is 4.74 Å². The highest BCUT2D eigenvalue weighted by molar-refractivity contribution is 7.90. The molecule has 130 valence electrons. The van der Waals surface area contributed by atoms with E-state index in [9.17, 15) is 16.8 Å². The molecule has 0 heterocycles. The first-order chi connectivity index (χ1) is 11.1. The Morgan fingerprint density at radius 2 is 1.46 bits per heavy atom. The smallest absolute Gasteiger partial charge is 0.241 e. The van der Waals surface area contributed by atoms with Crippen molar-refractivity contribution in [3.8, 4) is 5.75 Å². The second-order valence-corrected chi connectivity index (χ2v) is 9.06. The molecule has 0 aliphatic rings. The minimum atomic E-state index is -3.80. The van der Waals surface area contributed by atoms with Crippen LogP contribution in [-0.4, -0.2) is 30.2 Å². The zero-order valence-corrected chi connectivity index (χ0v) is 15.2. The maximum Gasteiger partial charge on any atom is 0.241 e. The highest BCUT2D eigenvalue weighted by atomic mass is 32.2. The Balaban J connectivity index is 2.28. The summed E-state index contributed by atoms with van der Waals surface area (Å²) >= 11 is 0. The van der Waals surface area contributed by atoms with Crippen molar-refractivity contribution in [2.24, 2.45) is 0 Å². The number of benzene rings is 2. The number of para-hydroxylation sites is 1. The van der Waals surface area contributed by atoms with E-state index in [-0.39, 0.29) is 9.79 Å². The maximum atomic E-state index is 12.5. The lowest BCUT2D eigenvalue weighted by atomic mass is 10.1. The van der Waals surface area contributed by atoms with Crippen molar-refractivity contribution in [2.75, 3.05) is 13.4 Å². The van der Waals surface area contributed by atoms with Crippen LogP contribution >= 0.6 is 0 Å². The molecular formula is C16H19NO5S2. The Morgan fingerprint density at radius 3 is 2.00 bits per heavy atom. The number of hydrogen-bond acceptors (Lipinski definition) is 5. The molecule has 2 aromatic rings. The fraction of sp³-hybridized carbons (Fsp3) is 0.250. The van der Waals surface area contributed by atoms with Crippen molar-refractivity contribution in [1.82, 2.24) is 4.72 Å². The summed E-state index contributed by atoms with van der Waals surface area (Å²) in [6, 6.07) is 11.7. The van der Waals surface area contributed by atoms with Gasteiger partial charge in [0.25, 0.3) is 0 Å². The molecule has 0 aliphatic carbocycles. The van der Waals surface area contributed by atoms with Gasteiger partial charge in [0.05, 0.1) is 16.9 Å². The van der Waals surface area contributed by atoms with Gasteiger partial charge in [-0.3, -0.25) is 0 Å². The van der Waals surface area contributed by atoms with Gasteiger partial charge in [0.2, 0.25) is 10.0 Å².